The van der Waals surface area contributed by atoms with Gasteiger partial charge in [-0.25, -0.2) is 0 Å². The van der Waals surface area contributed by atoms with Crippen LogP contribution in [-0.2, 0) is 4.43 Å². The van der Waals surface area contributed by atoms with Gasteiger partial charge in [-0.05, 0) is 39.6 Å². The summed E-state index contributed by atoms with van der Waals surface area (Å²) in [6, 6.07) is 21.2. The van der Waals surface area contributed by atoms with Gasteiger partial charge >= 0.3 is 0 Å². The molecule has 0 radical (unpaired) electrons. The van der Waals surface area contributed by atoms with Gasteiger partial charge in [0.1, 0.15) is 0 Å². The third-order valence-corrected chi connectivity index (χ3v) is 10.3. The number of rotatable bonds is 7. The third kappa shape index (κ3) is 6.37. The van der Waals surface area contributed by atoms with E-state index in [4.69, 9.17) is 10.8 Å². The molecule has 0 bridgehead atoms. The molecule has 1 N–H and O–H groups in total. The SMILES string of the molecule is C#CC#CC(O)C#CCC(CCC)O[Si](c1ccccc1)(c1ccccc1)C(C)(C)C. The molecule has 2 aromatic rings. The van der Waals surface area contributed by atoms with Gasteiger partial charge in [-0.1, -0.05) is 107 Å². The van der Waals surface area contributed by atoms with Crippen LogP contribution in [0.25, 0.3) is 0 Å². The molecule has 0 aliphatic heterocycles. The Kier molecular flexibility index (Phi) is 9.17. The summed E-state index contributed by atoms with van der Waals surface area (Å²) in [4.78, 5) is 0. The first-order valence-corrected chi connectivity index (χ1v) is 12.7. The van der Waals surface area contributed by atoms with Crippen LogP contribution in [0.3, 0.4) is 0 Å². The Labute approximate surface area is 189 Å². The van der Waals surface area contributed by atoms with Crippen molar-refractivity contribution in [3.05, 3.63) is 60.7 Å². The van der Waals surface area contributed by atoms with Crippen LogP contribution in [0.2, 0.25) is 5.04 Å². The van der Waals surface area contributed by atoms with E-state index in [9.17, 15) is 5.11 Å². The van der Waals surface area contributed by atoms with Crippen LogP contribution in [0.4, 0.5) is 0 Å². The summed E-state index contributed by atoms with van der Waals surface area (Å²) in [5, 5.41) is 12.3. The number of aliphatic hydroxyl groups excluding tert-OH is 1. The fraction of sp³-hybridized carbons (Fsp3) is 0.357. The Hall–Kier alpha value is -2.74. The molecule has 2 rings (SSSR count). The molecule has 3 heteroatoms. The van der Waals surface area contributed by atoms with Gasteiger partial charge in [0.2, 0.25) is 0 Å². The highest BCUT2D eigenvalue weighted by Crippen LogP contribution is 2.38. The fourth-order valence-electron chi connectivity index (χ4n) is 3.88. The summed E-state index contributed by atoms with van der Waals surface area (Å²) in [5.74, 6) is 13.0. The van der Waals surface area contributed by atoms with Crippen molar-refractivity contribution in [3.63, 3.8) is 0 Å². The topological polar surface area (TPSA) is 29.5 Å². The highest BCUT2D eigenvalue weighted by Gasteiger charge is 2.51. The maximum atomic E-state index is 9.87. The average molecular weight is 429 g/mol. The molecule has 0 amide bonds. The number of hydrogen-bond acceptors (Lipinski definition) is 2. The predicted molar refractivity (Wildman–Crippen MR) is 132 cm³/mol. The lowest BCUT2D eigenvalue weighted by Crippen LogP contribution is -2.67. The quantitative estimate of drug-likeness (QED) is 0.531. The molecule has 0 saturated heterocycles. The van der Waals surface area contributed by atoms with Gasteiger partial charge in [0, 0.05) is 6.42 Å². The molecule has 0 saturated carbocycles. The molecule has 160 valence electrons. The highest BCUT2D eigenvalue weighted by molar-refractivity contribution is 6.99. The molecule has 0 heterocycles. The van der Waals surface area contributed by atoms with Crippen molar-refractivity contribution in [2.45, 2.75) is 64.2 Å². The lowest BCUT2D eigenvalue weighted by atomic mass is 10.1. The predicted octanol–water partition coefficient (Wildman–Crippen LogP) is 4.12. The van der Waals surface area contributed by atoms with Crippen molar-refractivity contribution in [2.75, 3.05) is 0 Å². The zero-order chi connectivity index (χ0) is 22.7. The van der Waals surface area contributed by atoms with Crippen LogP contribution in [0, 0.1) is 36.0 Å². The van der Waals surface area contributed by atoms with Gasteiger partial charge in [-0.15, -0.1) is 6.42 Å². The lowest BCUT2D eigenvalue weighted by molar-refractivity contribution is 0.181. The van der Waals surface area contributed by atoms with Crippen LogP contribution in [0.15, 0.2) is 60.7 Å². The van der Waals surface area contributed by atoms with E-state index in [1.54, 1.807) is 0 Å². The molecule has 0 aromatic heterocycles. The van der Waals surface area contributed by atoms with Crippen molar-refractivity contribution >= 4 is 18.7 Å². The molecule has 2 aromatic carbocycles. The number of aliphatic hydroxyl groups is 1. The van der Waals surface area contributed by atoms with E-state index >= 15 is 0 Å². The highest BCUT2D eigenvalue weighted by atomic mass is 28.4. The van der Waals surface area contributed by atoms with Crippen LogP contribution >= 0.6 is 0 Å². The zero-order valence-corrected chi connectivity index (χ0v) is 20.0. The fourth-order valence-corrected chi connectivity index (χ4v) is 8.60. The molecule has 0 fully saturated rings. The zero-order valence-electron chi connectivity index (χ0n) is 19.0. The summed E-state index contributed by atoms with van der Waals surface area (Å²) in [7, 11) is -2.63. The van der Waals surface area contributed by atoms with Crippen molar-refractivity contribution < 1.29 is 9.53 Å². The Balaban J connectivity index is 2.50. The minimum absolute atomic E-state index is 0.0448. The largest absolute Gasteiger partial charge is 0.404 e. The summed E-state index contributed by atoms with van der Waals surface area (Å²) in [6.45, 7) is 8.97. The van der Waals surface area contributed by atoms with E-state index in [0.717, 1.165) is 12.8 Å². The molecular formula is C28H32O2Si. The number of terminal acetylenes is 1. The summed E-state index contributed by atoms with van der Waals surface area (Å²) in [6.07, 6.45) is 6.45. The van der Waals surface area contributed by atoms with Crippen LogP contribution in [0.5, 0.6) is 0 Å². The maximum absolute atomic E-state index is 9.87. The molecule has 0 aliphatic carbocycles. The molecular weight excluding hydrogens is 396 g/mol. The Bertz CT molecular complexity index is 937. The molecule has 2 unspecified atom stereocenters. The number of hydrogen-bond donors (Lipinski definition) is 1. The van der Waals surface area contributed by atoms with E-state index in [0.29, 0.717) is 6.42 Å². The summed E-state index contributed by atoms with van der Waals surface area (Å²) in [5.41, 5.74) is 0. The summed E-state index contributed by atoms with van der Waals surface area (Å²) < 4.78 is 7.16. The molecule has 0 aliphatic rings. The molecule has 2 atom stereocenters. The summed E-state index contributed by atoms with van der Waals surface area (Å²) >= 11 is 0. The first-order valence-electron chi connectivity index (χ1n) is 10.8. The monoisotopic (exact) mass is 428 g/mol. The average Bonchev–Trinajstić information content (AvgIpc) is 2.76. The van der Waals surface area contributed by atoms with Crippen LogP contribution in [0.1, 0.15) is 47.0 Å². The van der Waals surface area contributed by atoms with Gasteiger partial charge in [0.15, 0.2) is 6.10 Å². The first kappa shape index (κ1) is 24.5. The second-order valence-corrected chi connectivity index (χ2v) is 12.8. The second kappa shape index (κ2) is 11.6. The van der Waals surface area contributed by atoms with E-state index in [-0.39, 0.29) is 11.1 Å². The van der Waals surface area contributed by atoms with E-state index in [1.807, 2.05) is 12.1 Å². The van der Waals surface area contributed by atoms with Crippen molar-refractivity contribution in [2.24, 2.45) is 0 Å². The Morgan fingerprint density at radius 1 is 0.968 bits per heavy atom. The van der Waals surface area contributed by atoms with E-state index in [2.05, 4.69) is 106 Å². The molecule has 31 heavy (non-hydrogen) atoms. The third-order valence-electron chi connectivity index (χ3n) is 5.22. The maximum Gasteiger partial charge on any atom is 0.261 e. The van der Waals surface area contributed by atoms with Crippen LogP contribution < -0.4 is 10.4 Å². The Morgan fingerprint density at radius 2 is 1.52 bits per heavy atom. The second-order valence-electron chi connectivity index (χ2n) is 8.53. The standard InChI is InChI=1S/C28H32O2Si/c1-6-8-17-24(29)18-15-19-25(16-7-2)30-31(28(3,4)5,26-20-11-9-12-21-26)27-22-13-10-14-23-27/h1,9-14,20-25,29H,7,16,19H2,2-5H3. The van der Waals surface area contributed by atoms with E-state index in [1.165, 1.54) is 10.4 Å². The van der Waals surface area contributed by atoms with Gasteiger partial charge in [-0.2, -0.15) is 0 Å². The smallest absolute Gasteiger partial charge is 0.261 e. The minimum Gasteiger partial charge on any atom is -0.404 e. The van der Waals surface area contributed by atoms with Gasteiger partial charge in [0.25, 0.3) is 8.32 Å². The van der Waals surface area contributed by atoms with Crippen molar-refractivity contribution in [3.8, 4) is 36.0 Å². The lowest BCUT2D eigenvalue weighted by Gasteiger charge is -2.45. The Morgan fingerprint density at radius 3 is 1.97 bits per heavy atom. The van der Waals surface area contributed by atoms with Gasteiger partial charge in [-0.3, -0.25) is 0 Å². The first-order chi connectivity index (χ1) is 14.8. The number of benzene rings is 2. The van der Waals surface area contributed by atoms with Gasteiger partial charge in [0.05, 0.1) is 6.10 Å². The van der Waals surface area contributed by atoms with Gasteiger partial charge < -0.3 is 9.53 Å². The van der Waals surface area contributed by atoms with Crippen LogP contribution in [-0.4, -0.2) is 25.6 Å². The van der Waals surface area contributed by atoms with Crippen molar-refractivity contribution in [1.29, 1.82) is 0 Å². The van der Waals surface area contributed by atoms with E-state index < -0.39 is 14.4 Å². The minimum atomic E-state index is -2.63. The molecule has 0 spiro atoms. The van der Waals surface area contributed by atoms with Crippen molar-refractivity contribution in [1.82, 2.24) is 0 Å². The molecule has 2 nitrogen and oxygen atoms in total. The normalized spacial score (nSPS) is 13.0.